The van der Waals surface area contributed by atoms with Crippen molar-refractivity contribution in [1.82, 2.24) is 9.88 Å². The third-order valence-corrected chi connectivity index (χ3v) is 4.16. The summed E-state index contributed by atoms with van der Waals surface area (Å²) >= 11 is 0. The molecule has 1 atom stereocenters. The number of pyridine rings is 1. The molecule has 0 saturated carbocycles. The molecule has 0 radical (unpaired) electrons. The molecule has 5 nitrogen and oxygen atoms in total. The van der Waals surface area contributed by atoms with Gasteiger partial charge >= 0.3 is 0 Å². The van der Waals surface area contributed by atoms with Crippen molar-refractivity contribution in [2.45, 2.75) is 19.1 Å². The molecule has 2 N–H and O–H groups in total. The van der Waals surface area contributed by atoms with E-state index in [9.17, 15) is 0 Å². The fourth-order valence-corrected chi connectivity index (χ4v) is 3.12. The lowest BCUT2D eigenvalue weighted by molar-refractivity contribution is 0.208. The van der Waals surface area contributed by atoms with Crippen LogP contribution in [-0.2, 0) is 13.1 Å². The van der Waals surface area contributed by atoms with Gasteiger partial charge in [0.1, 0.15) is 11.5 Å². The highest BCUT2D eigenvalue weighted by molar-refractivity contribution is 5.50. The Morgan fingerprint density at radius 2 is 2.00 bits per heavy atom. The van der Waals surface area contributed by atoms with E-state index < -0.39 is 0 Å². The standard InChI is InChI=1S/C17H21N3O2/c1-21-14-7-13-11-20(10-12-3-5-19-6-4-12)15(9-18)17(13)16(8-14)22-2/h3-8,15H,9-11,18H2,1-2H3. The zero-order valence-electron chi connectivity index (χ0n) is 13.0. The van der Waals surface area contributed by atoms with Gasteiger partial charge in [0.05, 0.1) is 20.3 Å². The molecule has 0 amide bonds. The summed E-state index contributed by atoms with van der Waals surface area (Å²) in [6.07, 6.45) is 3.64. The zero-order chi connectivity index (χ0) is 15.5. The van der Waals surface area contributed by atoms with Crippen molar-refractivity contribution in [2.24, 2.45) is 5.73 Å². The molecule has 1 aromatic heterocycles. The maximum Gasteiger partial charge on any atom is 0.127 e. The number of hydrogen-bond acceptors (Lipinski definition) is 5. The Kier molecular flexibility index (Phi) is 4.27. The van der Waals surface area contributed by atoms with E-state index in [1.807, 2.05) is 30.6 Å². The average molecular weight is 299 g/mol. The van der Waals surface area contributed by atoms with Crippen LogP contribution in [0.3, 0.4) is 0 Å². The minimum absolute atomic E-state index is 0.157. The van der Waals surface area contributed by atoms with Gasteiger partial charge in [0.2, 0.25) is 0 Å². The number of methoxy groups -OCH3 is 2. The minimum atomic E-state index is 0.157. The molecule has 0 bridgehead atoms. The van der Waals surface area contributed by atoms with Gasteiger partial charge in [-0.05, 0) is 29.3 Å². The topological polar surface area (TPSA) is 60.6 Å². The monoisotopic (exact) mass is 299 g/mol. The lowest BCUT2D eigenvalue weighted by atomic mass is 10.0. The number of fused-ring (bicyclic) bond motifs is 1. The third-order valence-electron chi connectivity index (χ3n) is 4.16. The highest BCUT2D eigenvalue weighted by Gasteiger charge is 2.32. The molecule has 22 heavy (non-hydrogen) atoms. The molecule has 2 heterocycles. The van der Waals surface area contributed by atoms with E-state index in [-0.39, 0.29) is 6.04 Å². The van der Waals surface area contributed by atoms with Crippen LogP contribution in [0.5, 0.6) is 11.5 Å². The Balaban J connectivity index is 1.93. The van der Waals surface area contributed by atoms with Gasteiger partial charge < -0.3 is 15.2 Å². The molecule has 1 aliphatic rings. The highest BCUT2D eigenvalue weighted by atomic mass is 16.5. The number of benzene rings is 1. The minimum Gasteiger partial charge on any atom is -0.497 e. The Bertz CT molecular complexity index is 646. The molecular formula is C17H21N3O2. The van der Waals surface area contributed by atoms with E-state index in [4.69, 9.17) is 15.2 Å². The van der Waals surface area contributed by atoms with Gasteiger partial charge in [-0.1, -0.05) is 0 Å². The number of nitrogens with zero attached hydrogens (tertiary/aromatic N) is 2. The maximum atomic E-state index is 6.05. The van der Waals surface area contributed by atoms with E-state index in [2.05, 4.69) is 16.0 Å². The third kappa shape index (κ3) is 2.65. The first kappa shape index (κ1) is 14.8. The average Bonchev–Trinajstić information content (AvgIpc) is 2.91. The van der Waals surface area contributed by atoms with Gasteiger partial charge in [0, 0.05) is 43.7 Å². The van der Waals surface area contributed by atoms with Crippen LogP contribution < -0.4 is 15.2 Å². The lowest BCUT2D eigenvalue weighted by Gasteiger charge is -2.24. The van der Waals surface area contributed by atoms with Crippen molar-refractivity contribution >= 4 is 0 Å². The molecule has 0 fully saturated rings. The molecule has 1 aromatic carbocycles. The second kappa shape index (κ2) is 6.34. The number of ether oxygens (including phenoxy) is 2. The van der Waals surface area contributed by atoms with Crippen molar-refractivity contribution in [3.05, 3.63) is 53.3 Å². The van der Waals surface area contributed by atoms with Crippen LogP contribution in [0.1, 0.15) is 22.7 Å². The van der Waals surface area contributed by atoms with E-state index in [0.29, 0.717) is 6.54 Å². The summed E-state index contributed by atoms with van der Waals surface area (Å²) in [6.45, 7) is 2.23. The second-order valence-corrected chi connectivity index (χ2v) is 5.41. The fourth-order valence-electron chi connectivity index (χ4n) is 3.12. The van der Waals surface area contributed by atoms with Crippen LogP contribution in [0, 0.1) is 0 Å². The Morgan fingerprint density at radius 3 is 2.64 bits per heavy atom. The number of hydrogen-bond donors (Lipinski definition) is 1. The van der Waals surface area contributed by atoms with Gasteiger partial charge in [-0.25, -0.2) is 0 Å². The molecule has 0 saturated heterocycles. The first-order chi connectivity index (χ1) is 10.8. The van der Waals surface area contributed by atoms with Gasteiger partial charge in [0.25, 0.3) is 0 Å². The first-order valence-electron chi connectivity index (χ1n) is 7.34. The molecule has 2 aromatic rings. The Hall–Kier alpha value is -2.11. The van der Waals surface area contributed by atoms with Gasteiger partial charge in [-0.15, -0.1) is 0 Å². The van der Waals surface area contributed by atoms with Crippen molar-refractivity contribution in [1.29, 1.82) is 0 Å². The van der Waals surface area contributed by atoms with Gasteiger partial charge in [0.15, 0.2) is 0 Å². The van der Waals surface area contributed by atoms with E-state index >= 15 is 0 Å². The normalized spacial score (nSPS) is 17.3. The smallest absolute Gasteiger partial charge is 0.127 e. The van der Waals surface area contributed by atoms with Crippen LogP contribution in [0.25, 0.3) is 0 Å². The lowest BCUT2D eigenvalue weighted by Crippen LogP contribution is -2.27. The van der Waals surface area contributed by atoms with E-state index in [1.54, 1.807) is 14.2 Å². The van der Waals surface area contributed by atoms with Crippen molar-refractivity contribution in [3.63, 3.8) is 0 Å². The van der Waals surface area contributed by atoms with Crippen LogP contribution in [0.2, 0.25) is 0 Å². The SMILES string of the molecule is COc1cc2c(c(OC)c1)C(CN)N(Cc1ccncc1)C2. The molecule has 116 valence electrons. The molecule has 0 aliphatic carbocycles. The Labute approximate surface area is 130 Å². The maximum absolute atomic E-state index is 6.05. The molecule has 1 aliphatic heterocycles. The summed E-state index contributed by atoms with van der Waals surface area (Å²) in [5.74, 6) is 1.67. The van der Waals surface area contributed by atoms with Crippen molar-refractivity contribution in [3.8, 4) is 11.5 Å². The predicted molar refractivity (Wildman–Crippen MR) is 84.8 cm³/mol. The first-order valence-corrected chi connectivity index (χ1v) is 7.34. The van der Waals surface area contributed by atoms with Crippen LogP contribution >= 0.6 is 0 Å². The number of nitrogens with two attached hydrogens (primary N) is 1. The van der Waals surface area contributed by atoms with E-state index in [0.717, 1.165) is 24.6 Å². The van der Waals surface area contributed by atoms with Crippen LogP contribution in [0.15, 0.2) is 36.7 Å². The van der Waals surface area contributed by atoms with Crippen molar-refractivity contribution in [2.75, 3.05) is 20.8 Å². The van der Waals surface area contributed by atoms with E-state index in [1.165, 1.54) is 16.7 Å². The number of rotatable bonds is 5. The summed E-state index contributed by atoms with van der Waals surface area (Å²) in [4.78, 5) is 6.43. The fraction of sp³-hybridized carbons (Fsp3) is 0.353. The summed E-state index contributed by atoms with van der Waals surface area (Å²) in [5, 5.41) is 0. The quantitative estimate of drug-likeness (QED) is 0.916. The summed E-state index contributed by atoms with van der Waals surface area (Å²) in [5.41, 5.74) is 9.68. The summed E-state index contributed by atoms with van der Waals surface area (Å²) in [7, 11) is 3.36. The molecular weight excluding hydrogens is 278 g/mol. The van der Waals surface area contributed by atoms with Gasteiger partial charge in [-0.2, -0.15) is 0 Å². The molecule has 1 unspecified atom stereocenters. The zero-order valence-corrected chi connectivity index (χ0v) is 13.0. The molecule has 3 rings (SSSR count). The Morgan fingerprint density at radius 1 is 1.23 bits per heavy atom. The summed E-state index contributed by atoms with van der Waals surface area (Å²) < 4.78 is 10.9. The molecule has 0 spiro atoms. The molecule has 5 heteroatoms. The number of aromatic nitrogens is 1. The van der Waals surface area contributed by atoms with Crippen LogP contribution in [-0.4, -0.2) is 30.6 Å². The predicted octanol–water partition coefficient (Wildman–Crippen LogP) is 2.11. The summed E-state index contributed by atoms with van der Waals surface area (Å²) in [6, 6.07) is 8.23. The van der Waals surface area contributed by atoms with Gasteiger partial charge in [-0.3, -0.25) is 9.88 Å². The highest BCUT2D eigenvalue weighted by Crippen LogP contribution is 2.42. The van der Waals surface area contributed by atoms with Crippen LogP contribution in [0.4, 0.5) is 0 Å². The largest absolute Gasteiger partial charge is 0.497 e. The van der Waals surface area contributed by atoms with Crippen molar-refractivity contribution < 1.29 is 9.47 Å². The second-order valence-electron chi connectivity index (χ2n) is 5.41.